The van der Waals surface area contributed by atoms with Crippen molar-refractivity contribution in [3.63, 3.8) is 0 Å². The number of aryl methyl sites for hydroxylation is 1. The molecule has 8 nitrogen and oxygen atoms in total. The highest BCUT2D eigenvalue weighted by molar-refractivity contribution is 5.97. The summed E-state index contributed by atoms with van der Waals surface area (Å²) in [4.78, 5) is 39.2. The monoisotopic (exact) mass is 409 g/mol. The molecule has 2 aromatic rings. The number of ether oxygens (including phenoxy) is 2. The smallest absolute Gasteiger partial charge is 0.269 e. The molecule has 156 valence electrons. The van der Waals surface area contributed by atoms with Gasteiger partial charge >= 0.3 is 0 Å². The van der Waals surface area contributed by atoms with Gasteiger partial charge in [-0.15, -0.1) is 0 Å². The number of carbonyl (C=O) groups is 3. The Morgan fingerprint density at radius 1 is 0.967 bits per heavy atom. The zero-order chi connectivity index (χ0) is 21.1. The van der Waals surface area contributed by atoms with E-state index in [0.29, 0.717) is 48.6 Å². The zero-order valence-corrected chi connectivity index (χ0v) is 16.6. The van der Waals surface area contributed by atoms with Gasteiger partial charge in [-0.25, -0.2) is 0 Å². The highest BCUT2D eigenvalue weighted by atomic mass is 16.7. The molecule has 1 fully saturated rings. The number of amides is 3. The topological polar surface area (TPSA) is 97.0 Å². The van der Waals surface area contributed by atoms with Crippen molar-refractivity contribution in [2.24, 2.45) is 5.92 Å². The molecule has 0 atom stereocenters. The third-order valence-corrected chi connectivity index (χ3v) is 5.46. The molecular formula is C22H23N3O5. The second kappa shape index (κ2) is 8.44. The van der Waals surface area contributed by atoms with Crippen LogP contribution >= 0.6 is 0 Å². The van der Waals surface area contributed by atoms with E-state index in [0.717, 1.165) is 5.56 Å². The van der Waals surface area contributed by atoms with Crippen LogP contribution in [-0.2, 0) is 4.79 Å². The molecule has 0 spiro atoms. The predicted molar refractivity (Wildman–Crippen MR) is 108 cm³/mol. The maximum atomic E-state index is 12.7. The molecule has 0 radical (unpaired) electrons. The fourth-order valence-corrected chi connectivity index (χ4v) is 3.66. The predicted octanol–water partition coefficient (Wildman–Crippen LogP) is 2.04. The molecule has 8 heteroatoms. The standard InChI is InChI=1S/C22H23N3O5/c1-14-4-2-3-5-17(14)22(28)25-10-8-15(9-11-25)20(26)23-24-21(27)16-6-7-18-19(12-16)30-13-29-18/h2-7,12,15H,8-11,13H2,1H3,(H,23,26)(H,24,27). The number of fused-ring (bicyclic) bond motifs is 1. The van der Waals surface area contributed by atoms with Gasteiger partial charge in [0.2, 0.25) is 12.7 Å². The zero-order valence-electron chi connectivity index (χ0n) is 16.6. The first-order valence-electron chi connectivity index (χ1n) is 9.87. The number of likely N-dealkylation sites (tertiary alicyclic amines) is 1. The van der Waals surface area contributed by atoms with Crippen molar-refractivity contribution in [2.45, 2.75) is 19.8 Å². The number of nitrogens with zero attached hydrogens (tertiary/aromatic N) is 1. The van der Waals surface area contributed by atoms with Crippen molar-refractivity contribution in [3.8, 4) is 11.5 Å². The Morgan fingerprint density at radius 3 is 2.47 bits per heavy atom. The summed E-state index contributed by atoms with van der Waals surface area (Å²) in [7, 11) is 0. The van der Waals surface area contributed by atoms with Crippen LogP contribution in [0.15, 0.2) is 42.5 Å². The number of nitrogens with one attached hydrogen (secondary N) is 2. The Bertz CT molecular complexity index is 982. The van der Waals surface area contributed by atoms with E-state index in [2.05, 4.69) is 10.9 Å². The SMILES string of the molecule is Cc1ccccc1C(=O)N1CCC(C(=O)NNC(=O)c2ccc3c(c2)OCO3)CC1. The minimum atomic E-state index is -0.436. The molecule has 0 bridgehead atoms. The minimum absolute atomic E-state index is 0.0110. The van der Waals surface area contributed by atoms with Crippen molar-refractivity contribution in [1.82, 2.24) is 15.8 Å². The summed E-state index contributed by atoms with van der Waals surface area (Å²) in [5.74, 6) is 0.120. The largest absolute Gasteiger partial charge is 0.454 e. The van der Waals surface area contributed by atoms with Crippen molar-refractivity contribution in [1.29, 1.82) is 0 Å². The maximum absolute atomic E-state index is 12.7. The molecule has 0 aliphatic carbocycles. The molecule has 2 aliphatic rings. The minimum Gasteiger partial charge on any atom is -0.454 e. The Kier molecular flexibility index (Phi) is 5.56. The molecule has 0 saturated carbocycles. The van der Waals surface area contributed by atoms with Crippen LogP contribution in [0.3, 0.4) is 0 Å². The molecule has 3 amide bonds. The summed E-state index contributed by atoms with van der Waals surface area (Å²) >= 11 is 0. The molecule has 0 aromatic heterocycles. The summed E-state index contributed by atoms with van der Waals surface area (Å²) in [6.07, 6.45) is 1.09. The quantitative estimate of drug-likeness (QED) is 0.757. The number of piperidine rings is 1. The first-order valence-corrected chi connectivity index (χ1v) is 9.87. The van der Waals surface area contributed by atoms with Gasteiger partial charge in [0, 0.05) is 30.1 Å². The van der Waals surface area contributed by atoms with Gasteiger partial charge in [0.1, 0.15) is 0 Å². The van der Waals surface area contributed by atoms with Crippen molar-refractivity contribution in [3.05, 3.63) is 59.2 Å². The third-order valence-electron chi connectivity index (χ3n) is 5.46. The van der Waals surface area contributed by atoms with Crippen LogP contribution in [0.5, 0.6) is 11.5 Å². The average molecular weight is 409 g/mol. The Labute approximate surface area is 174 Å². The lowest BCUT2D eigenvalue weighted by Gasteiger charge is -2.31. The fraction of sp³-hybridized carbons (Fsp3) is 0.318. The van der Waals surface area contributed by atoms with Crippen LogP contribution in [0.25, 0.3) is 0 Å². The summed E-state index contributed by atoms with van der Waals surface area (Å²) < 4.78 is 10.5. The van der Waals surface area contributed by atoms with Gasteiger partial charge < -0.3 is 14.4 Å². The lowest BCUT2D eigenvalue weighted by molar-refractivity contribution is -0.127. The summed E-state index contributed by atoms with van der Waals surface area (Å²) in [5.41, 5.74) is 6.92. The van der Waals surface area contributed by atoms with Crippen LogP contribution in [0.2, 0.25) is 0 Å². The normalized spacial score (nSPS) is 15.6. The van der Waals surface area contributed by atoms with E-state index < -0.39 is 5.91 Å². The number of benzene rings is 2. The molecule has 2 aliphatic heterocycles. The lowest BCUT2D eigenvalue weighted by Crippen LogP contribution is -2.48. The number of hydrazine groups is 1. The second-order valence-corrected chi connectivity index (χ2v) is 7.39. The highest BCUT2D eigenvalue weighted by Gasteiger charge is 2.28. The average Bonchev–Trinajstić information content (AvgIpc) is 3.25. The van der Waals surface area contributed by atoms with Crippen LogP contribution in [0, 0.1) is 12.8 Å². The van der Waals surface area contributed by atoms with Gasteiger partial charge in [-0.1, -0.05) is 18.2 Å². The van der Waals surface area contributed by atoms with E-state index in [9.17, 15) is 14.4 Å². The Balaban J connectivity index is 1.27. The number of hydrogen-bond donors (Lipinski definition) is 2. The number of rotatable bonds is 3. The van der Waals surface area contributed by atoms with E-state index in [4.69, 9.17) is 9.47 Å². The lowest BCUT2D eigenvalue weighted by atomic mass is 9.95. The second-order valence-electron chi connectivity index (χ2n) is 7.39. The molecule has 2 aromatic carbocycles. The van der Waals surface area contributed by atoms with Crippen LogP contribution in [-0.4, -0.2) is 42.5 Å². The van der Waals surface area contributed by atoms with Crippen molar-refractivity contribution in [2.75, 3.05) is 19.9 Å². The maximum Gasteiger partial charge on any atom is 0.269 e. The van der Waals surface area contributed by atoms with E-state index >= 15 is 0 Å². The van der Waals surface area contributed by atoms with Gasteiger partial charge in [-0.2, -0.15) is 0 Å². The number of hydrogen-bond acceptors (Lipinski definition) is 5. The van der Waals surface area contributed by atoms with E-state index in [1.165, 1.54) is 0 Å². The molecule has 2 heterocycles. The van der Waals surface area contributed by atoms with Gasteiger partial charge in [-0.05, 0) is 49.6 Å². The molecule has 4 rings (SSSR count). The summed E-state index contributed by atoms with van der Waals surface area (Å²) in [5, 5.41) is 0. The molecule has 0 unspecified atom stereocenters. The first kappa shape index (κ1) is 19.8. The molecule has 30 heavy (non-hydrogen) atoms. The van der Waals surface area contributed by atoms with Crippen LogP contribution < -0.4 is 20.3 Å². The summed E-state index contributed by atoms with van der Waals surface area (Å²) in [6, 6.07) is 12.3. The van der Waals surface area contributed by atoms with Gasteiger partial charge in [-0.3, -0.25) is 25.2 Å². The van der Waals surface area contributed by atoms with Crippen molar-refractivity contribution >= 4 is 17.7 Å². The van der Waals surface area contributed by atoms with Gasteiger partial charge in [0.25, 0.3) is 11.8 Å². The molecule has 1 saturated heterocycles. The molecule has 2 N–H and O–H groups in total. The fourth-order valence-electron chi connectivity index (χ4n) is 3.66. The third kappa shape index (κ3) is 4.07. The van der Waals surface area contributed by atoms with Gasteiger partial charge in [0.05, 0.1) is 0 Å². The van der Waals surface area contributed by atoms with E-state index in [-0.39, 0.29) is 24.5 Å². The van der Waals surface area contributed by atoms with Crippen LogP contribution in [0.1, 0.15) is 39.1 Å². The Hall–Kier alpha value is -3.55. The Morgan fingerprint density at radius 2 is 1.70 bits per heavy atom. The highest BCUT2D eigenvalue weighted by Crippen LogP contribution is 2.32. The van der Waals surface area contributed by atoms with E-state index in [1.54, 1.807) is 23.1 Å². The summed E-state index contributed by atoms with van der Waals surface area (Å²) in [6.45, 7) is 3.04. The van der Waals surface area contributed by atoms with E-state index in [1.807, 2.05) is 31.2 Å². The van der Waals surface area contributed by atoms with Crippen LogP contribution in [0.4, 0.5) is 0 Å². The number of carbonyl (C=O) groups excluding carboxylic acids is 3. The van der Waals surface area contributed by atoms with Crippen molar-refractivity contribution < 1.29 is 23.9 Å². The first-order chi connectivity index (χ1) is 14.5. The molecular weight excluding hydrogens is 386 g/mol. The van der Waals surface area contributed by atoms with Gasteiger partial charge in [0.15, 0.2) is 11.5 Å².